The number of halogens is 1. The predicted octanol–water partition coefficient (Wildman–Crippen LogP) is 2.77. The van der Waals surface area contributed by atoms with Crippen LogP contribution in [0.1, 0.15) is 10.4 Å². The van der Waals surface area contributed by atoms with Crippen LogP contribution in [0.25, 0.3) is 0 Å². The van der Waals surface area contributed by atoms with Gasteiger partial charge in [0.05, 0.1) is 23.2 Å². The number of rotatable bonds is 2. The standard InChI is InChI=1S/C11H9ClN2O2/c12-8-1-2-10(9(13)5-8)14-11(15)7-3-4-16-6-7/h1-6H,13H2,(H,14,15). The SMILES string of the molecule is Nc1cc(Cl)ccc1NC(=O)c1ccoc1. The molecule has 1 aromatic carbocycles. The van der Waals surface area contributed by atoms with Gasteiger partial charge in [-0.25, -0.2) is 0 Å². The summed E-state index contributed by atoms with van der Waals surface area (Å²) < 4.78 is 4.81. The second-order valence-corrected chi connectivity index (χ2v) is 3.63. The predicted molar refractivity (Wildman–Crippen MR) is 62.5 cm³/mol. The molecule has 0 fully saturated rings. The Morgan fingerprint density at radius 2 is 2.19 bits per heavy atom. The highest BCUT2D eigenvalue weighted by molar-refractivity contribution is 6.31. The fraction of sp³-hybridized carbons (Fsp3) is 0. The number of amides is 1. The summed E-state index contributed by atoms with van der Waals surface area (Å²) >= 11 is 5.75. The van der Waals surface area contributed by atoms with Gasteiger partial charge in [0.2, 0.25) is 0 Å². The number of nitrogens with two attached hydrogens (primary N) is 1. The number of anilines is 2. The number of carbonyl (C=O) groups excluding carboxylic acids is 1. The first-order valence-electron chi connectivity index (χ1n) is 4.55. The summed E-state index contributed by atoms with van der Waals surface area (Å²) in [5, 5.41) is 3.18. The second-order valence-electron chi connectivity index (χ2n) is 3.20. The average Bonchev–Trinajstić information content (AvgIpc) is 2.75. The van der Waals surface area contributed by atoms with Crippen molar-refractivity contribution in [3.05, 3.63) is 47.4 Å². The Morgan fingerprint density at radius 1 is 1.38 bits per heavy atom. The summed E-state index contributed by atoms with van der Waals surface area (Å²) in [6.07, 6.45) is 2.79. The molecule has 0 spiro atoms. The molecule has 1 amide bonds. The Bertz CT molecular complexity index is 509. The summed E-state index contributed by atoms with van der Waals surface area (Å²) in [5.74, 6) is -0.275. The Hall–Kier alpha value is -1.94. The van der Waals surface area contributed by atoms with Crippen molar-refractivity contribution in [3.8, 4) is 0 Å². The minimum Gasteiger partial charge on any atom is -0.472 e. The number of furan rings is 1. The van der Waals surface area contributed by atoms with Crippen LogP contribution >= 0.6 is 11.6 Å². The molecule has 0 aliphatic rings. The molecule has 0 aliphatic carbocycles. The van der Waals surface area contributed by atoms with Crippen LogP contribution in [0.2, 0.25) is 5.02 Å². The van der Waals surface area contributed by atoms with Crippen LogP contribution in [0, 0.1) is 0 Å². The number of nitrogens with one attached hydrogen (secondary N) is 1. The molecule has 2 aromatic rings. The molecule has 0 saturated heterocycles. The summed E-state index contributed by atoms with van der Waals surface area (Å²) in [4.78, 5) is 11.7. The van der Waals surface area contributed by atoms with Gasteiger partial charge >= 0.3 is 0 Å². The van der Waals surface area contributed by atoms with Crippen molar-refractivity contribution in [1.82, 2.24) is 0 Å². The van der Waals surface area contributed by atoms with E-state index < -0.39 is 0 Å². The molecule has 16 heavy (non-hydrogen) atoms. The number of carbonyl (C=O) groups is 1. The van der Waals surface area contributed by atoms with E-state index in [0.717, 1.165) is 0 Å². The van der Waals surface area contributed by atoms with Crippen LogP contribution in [-0.2, 0) is 0 Å². The molecular weight excluding hydrogens is 228 g/mol. The van der Waals surface area contributed by atoms with Crippen molar-refractivity contribution < 1.29 is 9.21 Å². The van der Waals surface area contributed by atoms with Crippen LogP contribution in [0.5, 0.6) is 0 Å². The van der Waals surface area contributed by atoms with Crippen LogP contribution in [-0.4, -0.2) is 5.91 Å². The van der Waals surface area contributed by atoms with Gasteiger partial charge in [-0.3, -0.25) is 4.79 Å². The minimum absolute atomic E-state index is 0.275. The maximum Gasteiger partial charge on any atom is 0.258 e. The quantitative estimate of drug-likeness (QED) is 0.788. The summed E-state index contributed by atoms with van der Waals surface area (Å²) in [6.45, 7) is 0. The van der Waals surface area contributed by atoms with Crippen molar-refractivity contribution >= 4 is 28.9 Å². The van der Waals surface area contributed by atoms with Crippen molar-refractivity contribution in [2.24, 2.45) is 0 Å². The van der Waals surface area contributed by atoms with Crippen molar-refractivity contribution in [2.45, 2.75) is 0 Å². The molecule has 82 valence electrons. The molecule has 0 radical (unpaired) electrons. The first-order chi connectivity index (χ1) is 7.66. The topological polar surface area (TPSA) is 68.3 Å². The maximum absolute atomic E-state index is 11.7. The van der Waals surface area contributed by atoms with E-state index in [1.54, 1.807) is 24.3 Å². The molecule has 3 N–H and O–H groups in total. The van der Waals surface area contributed by atoms with E-state index in [4.69, 9.17) is 21.8 Å². The molecule has 0 unspecified atom stereocenters. The monoisotopic (exact) mass is 236 g/mol. The van der Waals surface area contributed by atoms with Crippen LogP contribution in [0.4, 0.5) is 11.4 Å². The third-order valence-corrected chi connectivity index (χ3v) is 2.28. The Balaban J connectivity index is 2.18. The van der Waals surface area contributed by atoms with E-state index in [1.165, 1.54) is 12.5 Å². The third kappa shape index (κ3) is 2.17. The highest BCUT2D eigenvalue weighted by Crippen LogP contribution is 2.23. The van der Waals surface area contributed by atoms with E-state index >= 15 is 0 Å². The molecule has 0 atom stereocenters. The average molecular weight is 237 g/mol. The first-order valence-corrected chi connectivity index (χ1v) is 4.93. The minimum atomic E-state index is -0.275. The highest BCUT2D eigenvalue weighted by atomic mass is 35.5. The summed E-state index contributed by atoms with van der Waals surface area (Å²) in [7, 11) is 0. The normalized spacial score (nSPS) is 10.1. The molecule has 5 heteroatoms. The number of nitrogen functional groups attached to an aromatic ring is 1. The lowest BCUT2D eigenvalue weighted by Crippen LogP contribution is -2.12. The van der Waals surface area contributed by atoms with Gasteiger partial charge in [-0.2, -0.15) is 0 Å². The smallest absolute Gasteiger partial charge is 0.258 e. The van der Waals surface area contributed by atoms with Gasteiger partial charge in [-0.05, 0) is 24.3 Å². The van der Waals surface area contributed by atoms with Crippen molar-refractivity contribution in [3.63, 3.8) is 0 Å². The van der Waals surface area contributed by atoms with E-state index in [-0.39, 0.29) is 5.91 Å². The van der Waals surface area contributed by atoms with Gasteiger partial charge in [0.1, 0.15) is 6.26 Å². The molecule has 0 aliphatic heterocycles. The maximum atomic E-state index is 11.7. The zero-order valence-electron chi connectivity index (χ0n) is 8.24. The van der Waals surface area contributed by atoms with Crippen molar-refractivity contribution in [2.75, 3.05) is 11.1 Å². The number of benzene rings is 1. The zero-order chi connectivity index (χ0) is 11.5. The molecular formula is C11H9ClN2O2. The lowest BCUT2D eigenvalue weighted by atomic mass is 10.2. The largest absolute Gasteiger partial charge is 0.472 e. The van der Waals surface area contributed by atoms with E-state index in [9.17, 15) is 4.79 Å². The molecule has 2 rings (SSSR count). The Kier molecular flexibility index (Phi) is 2.83. The van der Waals surface area contributed by atoms with Crippen LogP contribution < -0.4 is 11.1 Å². The number of hydrogen-bond acceptors (Lipinski definition) is 3. The molecule has 0 saturated carbocycles. The number of hydrogen-bond donors (Lipinski definition) is 2. The Labute approximate surface area is 97.0 Å². The van der Waals surface area contributed by atoms with Gasteiger partial charge in [0.25, 0.3) is 5.91 Å². The molecule has 1 aromatic heterocycles. The Morgan fingerprint density at radius 3 is 2.81 bits per heavy atom. The highest BCUT2D eigenvalue weighted by Gasteiger charge is 2.08. The zero-order valence-corrected chi connectivity index (χ0v) is 8.99. The summed E-state index contributed by atoms with van der Waals surface area (Å²) in [5.41, 5.74) is 7.08. The molecule has 4 nitrogen and oxygen atoms in total. The van der Waals surface area contributed by atoms with E-state index in [0.29, 0.717) is 22.0 Å². The van der Waals surface area contributed by atoms with Gasteiger partial charge < -0.3 is 15.5 Å². The fourth-order valence-corrected chi connectivity index (χ4v) is 1.42. The lowest BCUT2D eigenvalue weighted by Gasteiger charge is -2.06. The van der Waals surface area contributed by atoms with Gasteiger partial charge in [0, 0.05) is 5.02 Å². The first kappa shape index (κ1) is 10.6. The third-order valence-electron chi connectivity index (χ3n) is 2.05. The second kappa shape index (κ2) is 4.28. The fourth-order valence-electron chi connectivity index (χ4n) is 1.24. The van der Waals surface area contributed by atoms with Gasteiger partial charge in [-0.1, -0.05) is 11.6 Å². The van der Waals surface area contributed by atoms with Crippen LogP contribution in [0.15, 0.2) is 41.2 Å². The molecule has 1 heterocycles. The molecule has 0 bridgehead atoms. The summed E-state index contributed by atoms with van der Waals surface area (Å²) in [6, 6.07) is 6.45. The van der Waals surface area contributed by atoms with Crippen molar-refractivity contribution in [1.29, 1.82) is 0 Å². The van der Waals surface area contributed by atoms with Crippen LogP contribution in [0.3, 0.4) is 0 Å². The van der Waals surface area contributed by atoms with Gasteiger partial charge in [0.15, 0.2) is 0 Å². The lowest BCUT2D eigenvalue weighted by molar-refractivity contribution is 0.102. The van der Waals surface area contributed by atoms with E-state index in [1.807, 2.05) is 0 Å². The van der Waals surface area contributed by atoms with E-state index in [2.05, 4.69) is 5.32 Å². The van der Waals surface area contributed by atoms with Gasteiger partial charge in [-0.15, -0.1) is 0 Å².